The Labute approximate surface area is 119 Å². The molecule has 1 aromatic heterocycles. The van der Waals surface area contributed by atoms with Crippen LogP contribution < -0.4 is 15.8 Å². The fraction of sp³-hybridized carbons (Fsp3) is 0.583. The molecule has 0 aromatic carbocycles. The summed E-state index contributed by atoms with van der Waals surface area (Å²) < 4.78 is 41.4. The standard InChI is InChI=1S/C12H16F3N3OS/c13-12(14,15)20-6-5-17-10-4-3-9(16)11(18-10)19-7-8-1-2-8/h3-4,8H,1-2,5-7,16H2,(H,17,18). The Morgan fingerprint density at radius 1 is 1.40 bits per heavy atom. The van der Waals surface area contributed by atoms with Crippen molar-refractivity contribution in [3.05, 3.63) is 12.1 Å². The smallest absolute Gasteiger partial charge is 0.441 e. The molecule has 0 atom stereocenters. The molecule has 0 saturated heterocycles. The molecule has 4 nitrogen and oxygen atoms in total. The zero-order valence-corrected chi connectivity index (χ0v) is 11.6. The number of nitrogen functional groups attached to an aromatic ring is 1. The number of pyridine rings is 1. The number of aromatic nitrogens is 1. The molecule has 0 aliphatic heterocycles. The molecule has 2 rings (SSSR count). The number of halogens is 3. The first-order valence-corrected chi connectivity index (χ1v) is 7.26. The largest absolute Gasteiger partial charge is 0.476 e. The highest BCUT2D eigenvalue weighted by Gasteiger charge is 2.27. The van der Waals surface area contributed by atoms with Gasteiger partial charge in [-0.15, -0.1) is 0 Å². The number of nitrogens with one attached hydrogen (secondary N) is 1. The minimum absolute atomic E-state index is 0.0636. The summed E-state index contributed by atoms with van der Waals surface area (Å²) in [7, 11) is 0. The molecule has 1 fully saturated rings. The monoisotopic (exact) mass is 307 g/mol. The van der Waals surface area contributed by atoms with E-state index in [0.29, 0.717) is 29.9 Å². The Bertz CT molecular complexity index is 452. The molecule has 0 radical (unpaired) electrons. The van der Waals surface area contributed by atoms with E-state index in [4.69, 9.17) is 10.5 Å². The Morgan fingerprint density at radius 3 is 2.80 bits per heavy atom. The van der Waals surface area contributed by atoms with Crippen molar-refractivity contribution < 1.29 is 17.9 Å². The number of anilines is 2. The van der Waals surface area contributed by atoms with Gasteiger partial charge in [0, 0.05) is 12.3 Å². The summed E-state index contributed by atoms with van der Waals surface area (Å²) in [6.45, 7) is 0.758. The molecular weight excluding hydrogens is 291 g/mol. The first-order chi connectivity index (χ1) is 9.44. The highest BCUT2D eigenvalue weighted by Crippen LogP contribution is 2.31. The van der Waals surface area contributed by atoms with E-state index >= 15 is 0 Å². The normalized spacial score (nSPS) is 15.2. The van der Waals surface area contributed by atoms with Gasteiger partial charge in [0.25, 0.3) is 0 Å². The summed E-state index contributed by atoms with van der Waals surface area (Å²) in [6.07, 6.45) is 2.32. The third-order valence-electron chi connectivity index (χ3n) is 2.72. The second-order valence-corrected chi connectivity index (χ2v) is 5.73. The molecule has 0 amide bonds. The lowest BCUT2D eigenvalue weighted by Gasteiger charge is -2.11. The van der Waals surface area contributed by atoms with Gasteiger partial charge in [-0.05, 0) is 42.7 Å². The Morgan fingerprint density at radius 2 is 2.15 bits per heavy atom. The first kappa shape index (κ1) is 15.1. The fourth-order valence-electron chi connectivity index (χ4n) is 1.49. The predicted octanol–water partition coefficient (Wildman–Crippen LogP) is 3.12. The highest BCUT2D eigenvalue weighted by atomic mass is 32.2. The average Bonchev–Trinajstić information content (AvgIpc) is 3.17. The van der Waals surface area contributed by atoms with Gasteiger partial charge in [0.2, 0.25) is 5.88 Å². The van der Waals surface area contributed by atoms with Gasteiger partial charge in [-0.3, -0.25) is 0 Å². The summed E-state index contributed by atoms with van der Waals surface area (Å²) in [5.41, 5.74) is 1.97. The molecule has 1 aliphatic carbocycles. The van der Waals surface area contributed by atoms with Crippen LogP contribution in [-0.2, 0) is 0 Å². The van der Waals surface area contributed by atoms with Gasteiger partial charge in [-0.25, -0.2) is 0 Å². The van der Waals surface area contributed by atoms with Gasteiger partial charge >= 0.3 is 5.51 Å². The summed E-state index contributed by atoms with van der Waals surface area (Å²) in [5, 5.41) is 2.82. The van der Waals surface area contributed by atoms with Crippen LogP contribution in [0.3, 0.4) is 0 Å². The second kappa shape index (κ2) is 6.43. The maximum Gasteiger partial charge on any atom is 0.441 e. The van der Waals surface area contributed by atoms with Crippen molar-refractivity contribution in [2.75, 3.05) is 30.0 Å². The molecule has 0 unspecified atom stereocenters. The maximum absolute atomic E-state index is 12.0. The molecular formula is C12H16F3N3OS. The van der Waals surface area contributed by atoms with E-state index in [2.05, 4.69) is 10.3 Å². The van der Waals surface area contributed by atoms with Crippen molar-refractivity contribution in [2.24, 2.45) is 5.92 Å². The van der Waals surface area contributed by atoms with Gasteiger partial charge in [0.1, 0.15) is 5.82 Å². The molecule has 8 heteroatoms. The summed E-state index contributed by atoms with van der Waals surface area (Å²) in [4.78, 5) is 4.16. The number of thioether (sulfide) groups is 1. The van der Waals surface area contributed by atoms with Gasteiger partial charge in [0.05, 0.1) is 12.3 Å². The Kier molecular flexibility index (Phi) is 4.85. The topological polar surface area (TPSA) is 60.2 Å². The lowest BCUT2D eigenvalue weighted by molar-refractivity contribution is -0.0327. The number of rotatable bonds is 7. The predicted molar refractivity (Wildman–Crippen MR) is 73.9 cm³/mol. The highest BCUT2D eigenvalue weighted by molar-refractivity contribution is 8.00. The van der Waals surface area contributed by atoms with E-state index in [1.54, 1.807) is 12.1 Å². The number of alkyl halides is 3. The lowest BCUT2D eigenvalue weighted by atomic mass is 10.4. The number of ether oxygens (including phenoxy) is 1. The molecule has 112 valence electrons. The minimum atomic E-state index is -4.20. The van der Waals surface area contributed by atoms with E-state index in [1.165, 1.54) is 0 Å². The molecule has 3 N–H and O–H groups in total. The van der Waals surface area contributed by atoms with Crippen LogP contribution in [0.4, 0.5) is 24.7 Å². The van der Waals surface area contributed by atoms with Crippen LogP contribution >= 0.6 is 11.8 Å². The first-order valence-electron chi connectivity index (χ1n) is 6.28. The number of hydrogen-bond donors (Lipinski definition) is 2. The fourth-order valence-corrected chi connectivity index (χ4v) is 1.93. The van der Waals surface area contributed by atoms with Crippen LogP contribution in [0.25, 0.3) is 0 Å². The summed E-state index contributed by atoms with van der Waals surface area (Å²) >= 11 is -0.0636. The average molecular weight is 307 g/mol. The Hall–Kier alpha value is -1.31. The van der Waals surface area contributed by atoms with Crippen molar-refractivity contribution in [1.29, 1.82) is 0 Å². The molecule has 20 heavy (non-hydrogen) atoms. The van der Waals surface area contributed by atoms with Gasteiger partial charge in [-0.1, -0.05) is 0 Å². The van der Waals surface area contributed by atoms with Crippen LogP contribution in [0.2, 0.25) is 0 Å². The minimum Gasteiger partial charge on any atom is -0.476 e. The molecule has 1 saturated carbocycles. The molecule has 1 aromatic rings. The molecule has 1 heterocycles. The zero-order chi connectivity index (χ0) is 14.6. The van der Waals surface area contributed by atoms with Gasteiger partial charge in [0.15, 0.2) is 0 Å². The third-order valence-corrected chi connectivity index (χ3v) is 3.45. The lowest BCUT2D eigenvalue weighted by Crippen LogP contribution is -2.11. The van der Waals surface area contributed by atoms with Crippen LogP contribution in [-0.4, -0.2) is 29.4 Å². The number of nitrogens with zero attached hydrogens (tertiary/aromatic N) is 1. The van der Waals surface area contributed by atoms with Crippen molar-refractivity contribution in [2.45, 2.75) is 18.3 Å². The van der Waals surface area contributed by atoms with Gasteiger partial charge in [-0.2, -0.15) is 18.2 Å². The van der Waals surface area contributed by atoms with Gasteiger partial charge < -0.3 is 15.8 Å². The van der Waals surface area contributed by atoms with E-state index in [0.717, 1.165) is 12.8 Å². The Balaban J connectivity index is 1.80. The van der Waals surface area contributed by atoms with Crippen molar-refractivity contribution in [3.63, 3.8) is 0 Å². The van der Waals surface area contributed by atoms with Crippen molar-refractivity contribution >= 4 is 23.3 Å². The third kappa shape index (κ3) is 5.36. The van der Waals surface area contributed by atoms with Crippen LogP contribution in [0.15, 0.2) is 12.1 Å². The van der Waals surface area contributed by atoms with Crippen LogP contribution in [0.1, 0.15) is 12.8 Å². The van der Waals surface area contributed by atoms with E-state index < -0.39 is 5.51 Å². The van der Waals surface area contributed by atoms with Crippen LogP contribution in [0.5, 0.6) is 5.88 Å². The van der Waals surface area contributed by atoms with Crippen molar-refractivity contribution in [1.82, 2.24) is 4.98 Å². The van der Waals surface area contributed by atoms with E-state index in [1.807, 2.05) is 0 Å². The quantitative estimate of drug-likeness (QED) is 0.758. The number of hydrogen-bond acceptors (Lipinski definition) is 5. The SMILES string of the molecule is Nc1ccc(NCCSC(F)(F)F)nc1OCC1CC1. The van der Waals surface area contributed by atoms with Crippen molar-refractivity contribution in [3.8, 4) is 5.88 Å². The molecule has 0 spiro atoms. The molecule has 1 aliphatic rings. The number of nitrogens with two attached hydrogens (primary N) is 1. The van der Waals surface area contributed by atoms with E-state index in [-0.39, 0.29) is 24.1 Å². The zero-order valence-electron chi connectivity index (χ0n) is 10.7. The summed E-state index contributed by atoms with van der Waals surface area (Å²) in [5.74, 6) is 1.31. The molecule has 0 bridgehead atoms. The van der Waals surface area contributed by atoms with Crippen LogP contribution in [0, 0.1) is 5.92 Å². The second-order valence-electron chi connectivity index (χ2n) is 4.57. The van der Waals surface area contributed by atoms with E-state index in [9.17, 15) is 13.2 Å². The maximum atomic E-state index is 12.0. The summed E-state index contributed by atoms with van der Waals surface area (Å²) in [6, 6.07) is 3.26.